The number of Topliss-reactive ketones (excluding diaryl/α,β-unsaturated/α-hetero) is 1. The van der Waals surface area contributed by atoms with E-state index in [9.17, 15) is 35.5 Å². The second-order valence-electron chi connectivity index (χ2n) is 8.15. The molecule has 18 heteroatoms. The van der Waals surface area contributed by atoms with Crippen molar-refractivity contribution < 1.29 is 43.9 Å². The van der Waals surface area contributed by atoms with Crippen LogP contribution in [0, 0.1) is 0 Å². The number of carbonyl (C=O) groups excluding carboxylic acids is 2. The van der Waals surface area contributed by atoms with Crippen molar-refractivity contribution in [2.75, 3.05) is 5.32 Å². The number of azo groups is 1. The topological polar surface area (TPSA) is 198 Å². The van der Waals surface area contributed by atoms with E-state index in [1.807, 2.05) is 0 Å². The first-order chi connectivity index (χ1) is 18.7. The van der Waals surface area contributed by atoms with Crippen LogP contribution in [0.25, 0.3) is 21.5 Å². The van der Waals surface area contributed by atoms with Gasteiger partial charge in [0, 0.05) is 86.0 Å². The maximum atomic E-state index is 12.8. The molecular weight excluding hydrogens is 636 g/mol. The van der Waals surface area contributed by atoms with Crippen LogP contribution < -0.4 is 13.7 Å². The number of benzene rings is 4. The van der Waals surface area contributed by atoms with Gasteiger partial charge in [0.1, 0.15) is 0 Å². The molecule has 42 heavy (non-hydrogen) atoms. The number of anilines is 1. The molecule has 0 saturated carbocycles. The minimum atomic E-state index is -5.13. The average Bonchev–Trinajstić information content (AvgIpc) is 2.86. The van der Waals surface area contributed by atoms with Gasteiger partial charge in [-0.05, 0) is 37.3 Å². The fraction of sp³-hybridized carbons (Fsp3) is 0.0833. The summed E-state index contributed by atoms with van der Waals surface area (Å²) in [6.45, 7) is 1.10. The molecule has 0 aliphatic carbocycles. The first-order valence-electron chi connectivity index (χ1n) is 11.0. The van der Waals surface area contributed by atoms with Crippen molar-refractivity contribution in [3.05, 3.63) is 71.8 Å². The van der Waals surface area contributed by atoms with Crippen LogP contribution in [-0.4, -0.2) is 103 Å². The monoisotopic (exact) mass is 653 g/mol. The number of rotatable bonds is 9. The first-order valence-corrected chi connectivity index (χ1v) is 14.1. The molecule has 4 aromatic carbocycles. The summed E-state index contributed by atoms with van der Waals surface area (Å²) >= 11 is 5.84. The molecule has 2 radical (unpaired) electrons. The van der Waals surface area contributed by atoms with Crippen molar-refractivity contribution in [1.29, 1.82) is 0 Å². The fourth-order valence-electron chi connectivity index (χ4n) is 3.78. The van der Waals surface area contributed by atoms with E-state index in [2.05, 4.69) is 15.5 Å². The van der Waals surface area contributed by atoms with Crippen molar-refractivity contribution in [1.82, 2.24) is 0 Å². The number of fused-ring (bicyclic) bond motifs is 2. The van der Waals surface area contributed by atoms with Crippen LogP contribution in [-0.2, 0) is 30.4 Å². The molecule has 1 unspecified atom stereocenters. The van der Waals surface area contributed by atoms with Crippen LogP contribution in [0.5, 0.6) is 11.5 Å². The van der Waals surface area contributed by atoms with E-state index >= 15 is 0 Å². The number of hydrogen-bond donors (Lipinski definition) is 3. The van der Waals surface area contributed by atoms with Crippen LogP contribution in [0.15, 0.2) is 77.0 Å². The van der Waals surface area contributed by atoms with Crippen molar-refractivity contribution in [3.63, 3.8) is 0 Å². The predicted octanol–water partition coefficient (Wildman–Crippen LogP) is 3.93. The first kappa shape index (κ1) is 36.0. The summed E-state index contributed by atoms with van der Waals surface area (Å²) in [5.74, 6) is -2.44. The molecule has 0 spiro atoms. The van der Waals surface area contributed by atoms with Gasteiger partial charge < -0.3 is 13.7 Å². The third-order valence-corrected chi connectivity index (χ3v) is 6.34. The van der Waals surface area contributed by atoms with E-state index in [1.54, 1.807) is 0 Å². The number of nitrogens with zero attached hydrogens (tertiary/aromatic N) is 2. The molecule has 0 heterocycles. The molecular formula is C24H18ClN3Na2O10S2. The van der Waals surface area contributed by atoms with E-state index in [-0.39, 0.29) is 86.3 Å². The summed E-state index contributed by atoms with van der Waals surface area (Å²) in [5, 5.41) is 10.3. The molecule has 210 valence electrons. The number of nitrogens with one attached hydrogen (secondary N) is 1. The van der Waals surface area contributed by atoms with Crippen LogP contribution in [0.4, 0.5) is 11.4 Å². The molecule has 0 aromatic heterocycles. The Bertz CT molecular complexity index is 1910. The van der Waals surface area contributed by atoms with Crippen LogP contribution in [0.1, 0.15) is 6.92 Å². The molecule has 1 amide bonds. The summed E-state index contributed by atoms with van der Waals surface area (Å²) in [6.07, 6.45) is 0. The molecule has 0 aliphatic heterocycles. The van der Waals surface area contributed by atoms with Gasteiger partial charge in [0.05, 0.1) is 11.1 Å². The molecule has 0 fully saturated rings. The Morgan fingerprint density at radius 2 is 1.33 bits per heavy atom. The zero-order chi connectivity index (χ0) is 29.2. The second-order valence-corrected chi connectivity index (χ2v) is 10.6. The summed E-state index contributed by atoms with van der Waals surface area (Å²) in [6, 6.07) is 14.0. The summed E-state index contributed by atoms with van der Waals surface area (Å²) in [7, 11) is -10.2. The van der Waals surface area contributed by atoms with Crippen molar-refractivity contribution >= 4 is 136 Å². The SMILES string of the molecule is CC(=O)C(N=Nc1cccc2c(OS(=O)(=O)O)c3ccccc3c(OS(=O)(=O)O)c12)C(=O)Nc1ccc(Cl)cc1.[Na].[Na]. The number of hydrogen-bond acceptors (Lipinski definition) is 10. The smallest absolute Gasteiger partial charge is 0.360 e. The van der Waals surface area contributed by atoms with Gasteiger partial charge in [-0.15, -0.1) is 0 Å². The Kier molecular flexibility index (Phi) is 12.5. The largest absolute Gasteiger partial charge is 0.446 e. The normalized spacial score (nSPS) is 12.3. The minimum Gasteiger partial charge on any atom is -0.360 e. The Morgan fingerprint density at radius 1 is 0.810 bits per heavy atom. The average molecular weight is 654 g/mol. The number of ketones is 1. The number of amides is 1. The second kappa shape index (κ2) is 14.5. The van der Waals surface area contributed by atoms with Crippen molar-refractivity contribution in [3.8, 4) is 11.5 Å². The van der Waals surface area contributed by atoms with Crippen LogP contribution in [0.3, 0.4) is 0 Å². The van der Waals surface area contributed by atoms with Gasteiger partial charge in [-0.2, -0.15) is 27.1 Å². The van der Waals surface area contributed by atoms with E-state index < -0.39 is 50.0 Å². The zero-order valence-electron chi connectivity index (χ0n) is 22.2. The van der Waals surface area contributed by atoms with E-state index in [4.69, 9.17) is 20.0 Å². The standard InChI is InChI=1S/C24H18ClN3O10S2.2Na/c1-13(29)21(24(30)26-15-11-9-14(25)10-12-15)28-27-19-8-4-7-18-20(19)23(38-40(34,35)36)17-6-3-2-5-16(17)22(18)37-39(31,32)33;;/h2-12,21H,1H3,(H,26,30)(H,31,32,33)(H,34,35,36);;. The molecule has 0 saturated heterocycles. The van der Waals surface area contributed by atoms with Crippen LogP contribution >= 0.6 is 11.6 Å². The van der Waals surface area contributed by atoms with Gasteiger partial charge in [0.15, 0.2) is 17.3 Å². The molecule has 4 aromatic rings. The summed E-state index contributed by atoms with van der Waals surface area (Å²) < 4.78 is 75.4. The van der Waals surface area contributed by atoms with Gasteiger partial charge in [0.25, 0.3) is 5.91 Å². The van der Waals surface area contributed by atoms with E-state index in [0.29, 0.717) is 10.7 Å². The predicted molar refractivity (Wildman–Crippen MR) is 156 cm³/mol. The molecule has 13 nitrogen and oxygen atoms in total. The molecule has 3 N–H and O–H groups in total. The summed E-state index contributed by atoms with van der Waals surface area (Å²) in [4.78, 5) is 25.1. The maximum absolute atomic E-state index is 12.8. The molecule has 1 atom stereocenters. The Labute approximate surface area is 289 Å². The number of halogens is 1. The third-order valence-electron chi connectivity index (χ3n) is 5.33. The third kappa shape index (κ3) is 8.93. The van der Waals surface area contributed by atoms with E-state index in [1.165, 1.54) is 66.7 Å². The van der Waals surface area contributed by atoms with Gasteiger partial charge >= 0.3 is 20.8 Å². The Balaban J connectivity index is 0.00000308. The minimum absolute atomic E-state index is 0. The molecule has 4 rings (SSSR count). The van der Waals surface area contributed by atoms with E-state index in [0.717, 1.165) is 6.92 Å². The van der Waals surface area contributed by atoms with Gasteiger partial charge in [-0.25, -0.2) is 0 Å². The fourth-order valence-corrected chi connectivity index (χ4v) is 4.68. The number of carbonyl (C=O) groups is 2. The molecule has 0 aliphatic rings. The van der Waals surface area contributed by atoms with Gasteiger partial charge in [0.2, 0.25) is 6.04 Å². The Morgan fingerprint density at radius 3 is 1.88 bits per heavy atom. The maximum Gasteiger partial charge on any atom is 0.446 e. The summed E-state index contributed by atoms with van der Waals surface area (Å²) in [5.41, 5.74) is 0.121. The van der Waals surface area contributed by atoms with Crippen molar-refractivity contribution in [2.45, 2.75) is 13.0 Å². The van der Waals surface area contributed by atoms with Crippen molar-refractivity contribution in [2.24, 2.45) is 10.2 Å². The van der Waals surface area contributed by atoms with Gasteiger partial charge in [-0.3, -0.25) is 18.7 Å². The molecule has 0 bridgehead atoms. The van der Waals surface area contributed by atoms with Crippen LogP contribution in [0.2, 0.25) is 5.02 Å². The quantitative estimate of drug-likeness (QED) is 0.0782. The van der Waals surface area contributed by atoms with Gasteiger partial charge in [-0.1, -0.05) is 48.0 Å². The Hall–Kier alpha value is -2.15. The zero-order valence-corrected chi connectivity index (χ0v) is 28.6.